The summed E-state index contributed by atoms with van der Waals surface area (Å²) in [5, 5.41) is 3.65. The van der Waals surface area contributed by atoms with E-state index < -0.39 is 10.0 Å². The number of carbonyl (C=O) groups excluding carboxylic acids is 1. The van der Waals surface area contributed by atoms with E-state index in [1.807, 2.05) is 30.3 Å². The quantitative estimate of drug-likeness (QED) is 0.697. The smallest absolute Gasteiger partial charge is 0.274 e. The number of carbonyl (C=O) groups is 1. The van der Waals surface area contributed by atoms with Crippen molar-refractivity contribution in [1.29, 1.82) is 0 Å². The van der Waals surface area contributed by atoms with E-state index in [2.05, 4.69) is 10.3 Å². The van der Waals surface area contributed by atoms with Crippen molar-refractivity contribution < 1.29 is 18.0 Å². The highest BCUT2D eigenvalue weighted by Crippen LogP contribution is 2.18. The van der Waals surface area contributed by atoms with Crippen LogP contribution < -0.4 is 5.32 Å². The van der Waals surface area contributed by atoms with Crippen molar-refractivity contribution in [3.63, 3.8) is 0 Å². The number of pyridine rings is 1. The van der Waals surface area contributed by atoms with Gasteiger partial charge in [0.1, 0.15) is 5.69 Å². The van der Waals surface area contributed by atoms with Gasteiger partial charge in [-0.1, -0.05) is 28.7 Å². The van der Waals surface area contributed by atoms with Gasteiger partial charge in [-0.15, -0.1) is 0 Å². The van der Waals surface area contributed by atoms with Gasteiger partial charge in [0.05, 0.1) is 17.5 Å². The Bertz CT molecular complexity index is 1050. The molecule has 0 radical (unpaired) electrons. The molecule has 0 aliphatic rings. The molecule has 26 heavy (non-hydrogen) atoms. The number of amides is 1. The molecule has 2 aromatic carbocycles. The monoisotopic (exact) mass is 371 g/mol. The molecule has 0 atom stereocenters. The molecule has 1 heterocycles. The largest absolute Gasteiger partial charge is 0.321 e. The first-order chi connectivity index (χ1) is 12.4. The van der Waals surface area contributed by atoms with E-state index >= 15 is 0 Å². The average molecular weight is 371 g/mol. The van der Waals surface area contributed by atoms with Gasteiger partial charge >= 0.3 is 0 Å². The number of nitrogens with zero attached hydrogens (tertiary/aromatic N) is 2. The van der Waals surface area contributed by atoms with E-state index in [1.54, 1.807) is 6.07 Å². The zero-order chi connectivity index (χ0) is 18.7. The Morgan fingerprint density at radius 3 is 2.42 bits per heavy atom. The number of rotatable bonds is 5. The van der Waals surface area contributed by atoms with Crippen LogP contribution in [0.2, 0.25) is 0 Å². The minimum atomic E-state index is -3.72. The fourth-order valence-corrected chi connectivity index (χ4v) is 3.32. The summed E-state index contributed by atoms with van der Waals surface area (Å²) in [6, 6.07) is 16.8. The highest BCUT2D eigenvalue weighted by atomic mass is 32.2. The van der Waals surface area contributed by atoms with Crippen molar-refractivity contribution in [1.82, 2.24) is 9.45 Å². The highest BCUT2D eigenvalue weighted by Gasteiger charge is 2.20. The van der Waals surface area contributed by atoms with Gasteiger partial charge in [0.25, 0.3) is 15.9 Å². The maximum atomic E-state index is 12.4. The minimum absolute atomic E-state index is 0.0590. The normalized spacial score (nSPS) is 11.7. The lowest BCUT2D eigenvalue weighted by Gasteiger charge is -2.14. The predicted octanol–water partition coefficient (Wildman–Crippen LogP) is 2.67. The summed E-state index contributed by atoms with van der Waals surface area (Å²) in [6.07, 6.45) is 0. The summed E-state index contributed by atoms with van der Waals surface area (Å²) in [4.78, 5) is 21.5. The molecule has 0 bridgehead atoms. The van der Waals surface area contributed by atoms with Crippen LogP contribution in [-0.2, 0) is 14.9 Å². The van der Waals surface area contributed by atoms with E-state index in [9.17, 15) is 13.2 Å². The van der Waals surface area contributed by atoms with E-state index in [4.69, 9.17) is 4.84 Å². The van der Waals surface area contributed by atoms with E-state index in [0.717, 1.165) is 15.4 Å². The Kier molecular flexibility index (Phi) is 4.99. The van der Waals surface area contributed by atoms with Crippen LogP contribution in [-0.4, -0.2) is 37.9 Å². The van der Waals surface area contributed by atoms with Crippen LogP contribution in [0.1, 0.15) is 10.5 Å². The maximum absolute atomic E-state index is 12.4. The zero-order valence-electron chi connectivity index (χ0n) is 14.2. The van der Waals surface area contributed by atoms with Gasteiger partial charge in [-0.05, 0) is 36.4 Å². The standard InChI is InChI=1S/C18H17N3O4S/c1-21(25-2)26(23,24)15-10-8-14(9-11-15)19-18(22)17-12-7-13-5-3-4-6-16(13)20-17/h3-12H,1-2H3,(H,19,22). The number of hydroxylamine groups is 1. The molecule has 0 spiro atoms. The number of hydrogen-bond acceptors (Lipinski definition) is 5. The Hall–Kier alpha value is -2.81. The number of nitrogens with one attached hydrogen (secondary N) is 1. The third kappa shape index (κ3) is 3.57. The van der Waals surface area contributed by atoms with Crippen molar-refractivity contribution >= 4 is 32.5 Å². The molecule has 134 valence electrons. The number of para-hydroxylation sites is 1. The maximum Gasteiger partial charge on any atom is 0.274 e. The molecule has 0 aliphatic heterocycles. The molecule has 0 unspecified atom stereocenters. The topological polar surface area (TPSA) is 88.6 Å². The lowest BCUT2D eigenvalue weighted by Crippen LogP contribution is -2.25. The molecular formula is C18H17N3O4S. The van der Waals surface area contributed by atoms with Gasteiger partial charge in [0.15, 0.2) is 0 Å². The number of fused-ring (bicyclic) bond motifs is 1. The lowest BCUT2D eigenvalue weighted by molar-refractivity contribution is -0.0258. The third-order valence-corrected chi connectivity index (χ3v) is 5.53. The summed E-state index contributed by atoms with van der Waals surface area (Å²) in [5.41, 5.74) is 1.47. The van der Waals surface area contributed by atoms with Gasteiger partial charge in [0.2, 0.25) is 0 Å². The summed E-state index contributed by atoms with van der Waals surface area (Å²) in [6.45, 7) is 0. The molecule has 7 nitrogen and oxygen atoms in total. The van der Waals surface area contributed by atoms with Crippen LogP contribution in [0.5, 0.6) is 0 Å². The van der Waals surface area contributed by atoms with Gasteiger partial charge in [-0.25, -0.2) is 13.4 Å². The van der Waals surface area contributed by atoms with Crippen molar-refractivity contribution in [2.24, 2.45) is 0 Å². The molecule has 3 aromatic rings. The Morgan fingerprint density at radius 2 is 1.73 bits per heavy atom. The summed E-state index contributed by atoms with van der Waals surface area (Å²) in [5.74, 6) is -0.375. The van der Waals surface area contributed by atoms with E-state index in [-0.39, 0.29) is 16.5 Å². The highest BCUT2D eigenvalue weighted by molar-refractivity contribution is 7.89. The molecule has 0 fully saturated rings. The Labute approximate surface area is 151 Å². The number of anilines is 1. The average Bonchev–Trinajstić information content (AvgIpc) is 2.67. The zero-order valence-corrected chi connectivity index (χ0v) is 15.0. The molecule has 0 saturated heterocycles. The lowest BCUT2D eigenvalue weighted by atomic mass is 10.2. The van der Waals surface area contributed by atoms with E-state index in [0.29, 0.717) is 5.69 Å². The Morgan fingerprint density at radius 1 is 1.04 bits per heavy atom. The molecule has 0 aliphatic carbocycles. The first kappa shape index (κ1) is 18.0. The van der Waals surface area contributed by atoms with E-state index in [1.165, 1.54) is 38.4 Å². The van der Waals surface area contributed by atoms with Crippen LogP contribution in [0.25, 0.3) is 10.9 Å². The van der Waals surface area contributed by atoms with Gasteiger partial charge in [0, 0.05) is 18.1 Å². The van der Waals surface area contributed by atoms with Crippen molar-refractivity contribution in [2.45, 2.75) is 4.90 Å². The second-order valence-electron chi connectivity index (χ2n) is 5.47. The molecule has 3 rings (SSSR count). The van der Waals surface area contributed by atoms with Crippen molar-refractivity contribution in [3.8, 4) is 0 Å². The van der Waals surface area contributed by atoms with Crippen molar-refractivity contribution in [3.05, 3.63) is 66.4 Å². The molecular weight excluding hydrogens is 354 g/mol. The Balaban J connectivity index is 1.79. The number of hydrogen-bond donors (Lipinski definition) is 1. The molecule has 1 aromatic heterocycles. The number of sulfonamides is 1. The second-order valence-corrected chi connectivity index (χ2v) is 7.40. The third-order valence-electron chi connectivity index (χ3n) is 3.84. The fraction of sp³-hybridized carbons (Fsp3) is 0.111. The molecule has 8 heteroatoms. The molecule has 0 saturated carbocycles. The summed E-state index contributed by atoms with van der Waals surface area (Å²) < 4.78 is 25.1. The van der Waals surface area contributed by atoms with Crippen molar-refractivity contribution in [2.75, 3.05) is 19.5 Å². The number of benzene rings is 2. The van der Waals surface area contributed by atoms with Gasteiger partial charge in [-0.3, -0.25) is 9.63 Å². The summed E-state index contributed by atoms with van der Waals surface area (Å²) >= 11 is 0. The van der Waals surface area contributed by atoms with Crippen LogP contribution in [0.15, 0.2) is 65.6 Å². The molecule has 1 N–H and O–H groups in total. The predicted molar refractivity (Wildman–Crippen MR) is 98.1 cm³/mol. The SMILES string of the molecule is CON(C)S(=O)(=O)c1ccc(NC(=O)c2ccc3ccccc3n2)cc1. The van der Waals surface area contributed by atoms with Crippen LogP contribution in [0, 0.1) is 0 Å². The second kappa shape index (κ2) is 7.20. The fourth-order valence-electron chi connectivity index (χ4n) is 2.34. The number of aromatic nitrogens is 1. The first-order valence-corrected chi connectivity index (χ1v) is 9.16. The summed E-state index contributed by atoms with van der Waals surface area (Å²) in [7, 11) is -1.16. The molecule has 1 amide bonds. The van der Waals surface area contributed by atoms with Gasteiger partial charge in [-0.2, -0.15) is 0 Å². The van der Waals surface area contributed by atoms with Gasteiger partial charge < -0.3 is 5.32 Å². The first-order valence-electron chi connectivity index (χ1n) is 7.72. The van der Waals surface area contributed by atoms with Crippen LogP contribution >= 0.6 is 0 Å². The van der Waals surface area contributed by atoms with Crippen LogP contribution in [0.4, 0.5) is 5.69 Å². The van der Waals surface area contributed by atoms with Crippen LogP contribution in [0.3, 0.4) is 0 Å². The minimum Gasteiger partial charge on any atom is -0.321 e.